The van der Waals surface area contributed by atoms with Crippen molar-refractivity contribution in [1.82, 2.24) is 14.6 Å². The van der Waals surface area contributed by atoms with E-state index in [1.165, 1.54) is 4.31 Å². The Hall–Kier alpha value is -1.58. The minimum atomic E-state index is -3.85. The number of amides is 1. The van der Waals surface area contributed by atoms with Gasteiger partial charge in [0.15, 0.2) is 0 Å². The first-order valence-electron chi connectivity index (χ1n) is 7.03. The van der Waals surface area contributed by atoms with Crippen molar-refractivity contribution in [3.8, 4) is 0 Å². The number of nitrogens with one attached hydrogen (secondary N) is 1. The molecular formula is C13H19FN4O3S. The monoisotopic (exact) mass is 330 g/mol. The third-order valence-electron chi connectivity index (χ3n) is 3.52. The van der Waals surface area contributed by atoms with Crippen LogP contribution in [0.5, 0.6) is 0 Å². The minimum Gasteiger partial charge on any atom is -0.355 e. The Kier molecular flexibility index (Phi) is 5.43. The van der Waals surface area contributed by atoms with E-state index in [0.29, 0.717) is 32.5 Å². The Balaban J connectivity index is 2.13. The minimum absolute atomic E-state index is 0.0786. The molecule has 9 heteroatoms. The molecule has 1 aromatic heterocycles. The molecule has 0 saturated carbocycles. The van der Waals surface area contributed by atoms with Crippen molar-refractivity contribution in [1.29, 1.82) is 0 Å². The van der Waals surface area contributed by atoms with Crippen molar-refractivity contribution in [2.24, 2.45) is 11.7 Å². The van der Waals surface area contributed by atoms with Crippen LogP contribution in [0, 0.1) is 11.7 Å². The van der Waals surface area contributed by atoms with Crippen molar-refractivity contribution in [3.63, 3.8) is 0 Å². The van der Waals surface area contributed by atoms with E-state index in [-0.39, 0.29) is 17.3 Å². The molecule has 0 bridgehead atoms. The van der Waals surface area contributed by atoms with Crippen LogP contribution in [0.3, 0.4) is 0 Å². The molecular weight excluding hydrogens is 311 g/mol. The van der Waals surface area contributed by atoms with Gasteiger partial charge in [0.25, 0.3) is 0 Å². The number of nitrogens with zero attached hydrogens (tertiary/aromatic N) is 2. The van der Waals surface area contributed by atoms with Crippen molar-refractivity contribution in [2.45, 2.75) is 17.7 Å². The van der Waals surface area contributed by atoms with Gasteiger partial charge in [-0.3, -0.25) is 9.78 Å². The molecule has 1 unspecified atom stereocenters. The topological polar surface area (TPSA) is 105 Å². The zero-order valence-corrected chi connectivity index (χ0v) is 12.9. The number of carbonyl (C=O) groups excluding carboxylic acids is 1. The Labute approximate surface area is 128 Å². The lowest BCUT2D eigenvalue weighted by molar-refractivity contribution is -0.126. The fraction of sp³-hybridized carbons (Fsp3) is 0.538. The lowest BCUT2D eigenvalue weighted by atomic mass is 9.99. The number of piperidine rings is 1. The van der Waals surface area contributed by atoms with E-state index in [1.807, 2.05) is 0 Å². The van der Waals surface area contributed by atoms with Crippen LogP contribution in [-0.4, -0.2) is 49.8 Å². The third-order valence-corrected chi connectivity index (χ3v) is 5.35. The highest BCUT2D eigenvalue weighted by Crippen LogP contribution is 2.23. The number of halogens is 1. The van der Waals surface area contributed by atoms with Gasteiger partial charge in [-0.05, 0) is 18.9 Å². The first-order valence-corrected chi connectivity index (χ1v) is 8.47. The molecule has 2 rings (SSSR count). The number of nitrogens with two attached hydrogens (primary N) is 1. The highest BCUT2D eigenvalue weighted by atomic mass is 32.2. The molecule has 0 aromatic carbocycles. The van der Waals surface area contributed by atoms with Gasteiger partial charge in [-0.2, -0.15) is 4.31 Å². The Bertz CT molecular complexity index is 638. The summed E-state index contributed by atoms with van der Waals surface area (Å²) >= 11 is 0. The maximum Gasteiger partial charge on any atom is 0.244 e. The number of pyridine rings is 1. The standard InChI is InChI=1S/C13H19FN4O3S/c14-11-6-12(8-16-7-11)22(20,21)18-5-1-2-10(9-18)13(19)17-4-3-15/h6-8,10H,1-5,9,15H2,(H,17,19). The lowest BCUT2D eigenvalue weighted by Gasteiger charge is -2.31. The molecule has 3 N–H and O–H groups in total. The summed E-state index contributed by atoms with van der Waals surface area (Å²) in [4.78, 5) is 15.3. The average molecular weight is 330 g/mol. The van der Waals surface area contributed by atoms with Gasteiger partial charge in [-0.1, -0.05) is 0 Å². The first-order chi connectivity index (χ1) is 10.4. The molecule has 1 aromatic rings. The molecule has 1 fully saturated rings. The van der Waals surface area contributed by atoms with Gasteiger partial charge in [0.1, 0.15) is 10.7 Å². The first kappa shape index (κ1) is 16.8. The number of aromatic nitrogens is 1. The summed E-state index contributed by atoms with van der Waals surface area (Å²) in [5.74, 6) is -1.34. The SMILES string of the molecule is NCCNC(=O)C1CCCN(S(=O)(=O)c2cncc(F)c2)C1. The lowest BCUT2D eigenvalue weighted by Crippen LogP contribution is -2.46. The second kappa shape index (κ2) is 7.12. The molecule has 1 amide bonds. The van der Waals surface area contributed by atoms with Gasteiger partial charge in [0.05, 0.1) is 12.1 Å². The molecule has 2 heterocycles. The van der Waals surface area contributed by atoms with Crippen molar-refractivity contribution in [2.75, 3.05) is 26.2 Å². The third kappa shape index (κ3) is 3.79. The molecule has 122 valence electrons. The summed E-state index contributed by atoms with van der Waals surface area (Å²) in [5, 5.41) is 2.67. The Morgan fingerprint density at radius 1 is 1.50 bits per heavy atom. The van der Waals surface area contributed by atoms with Crippen LogP contribution in [0.1, 0.15) is 12.8 Å². The Morgan fingerprint density at radius 2 is 2.27 bits per heavy atom. The fourth-order valence-electron chi connectivity index (χ4n) is 2.40. The number of sulfonamides is 1. The predicted octanol–water partition coefficient (Wildman–Crippen LogP) is -0.304. The quantitative estimate of drug-likeness (QED) is 0.771. The van der Waals surface area contributed by atoms with Crippen LogP contribution in [-0.2, 0) is 14.8 Å². The largest absolute Gasteiger partial charge is 0.355 e. The summed E-state index contributed by atoms with van der Waals surface area (Å²) in [6.45, 7) is 1.07. The van der Waals surface area contributed by atoms with Gasteiger partial charge in [-0.15, -0.1) is 0 Å². The zero-order valence-electron chi connectivity index (χ0n) is 12.0. The van der Waals surface area contributed by atoms with E-state index in [2.05, 4.69) is 10.3 Å². The summed E-state index contributed by atoms with van der Waals surface area (Å²) in [6.07, 6.45) is 3.24. The summed E-state index contributed by atoms with van der Waals surface area (Å²) in [6, 6.07) is 0.931. The number of hydrogen-bond donors (Lipinski definition) is 2. The highest BCUT2D eigenvalue weighted by molar-refractivity contribution is 7.89. The summed E-state index contributed by atoms with van der Waals surface area (Å²) in [5.41, 5.74) is 5.33. The molecule has 1 atom stereocenters. The molecule has 22 heavy (non-hydrogen) atoms. The van der Waals surface area contributed by atoms with E-state index in [4.69, 9.17) is 5.73 Å². The smallest absolute Gasteiger partial charge is 0.244 e. The van der Waals surface area contributed by atoms with Gasteiger partial charge in [-0.25, -0.2) is 12.8 Å². The second-order valence-electron chi connectivity index (χ2n) is 5.12. The van der Waals surface area contributed by atoms with Gasteiger partial charge in [0, 0.05) is 32.4 Å². The van der Waals surface area contributed by atoms with Crippen molar-refractivity contribution in [3.05, 3.63) is 24.3 Å². The predicted molar refractivity (Wildman–Crippen MR) is 77.7 cm³/mol. The van der Waals surface area contributed by atoms with Crippen LogP contribution in [0.25, 0.3) is 0 Å². The van der Waals surface area contributed by atoms with Gasteiger partial charge in [0.2, 0.25) is 15.9 Å². The summed E-state index contributed by atoms with van der Waals surface area (Å²) in [7, 11) is -3.85. The van der Waals surface area contributed by atoms with Gasteiger partial charge < -0.3 is 11.1 Å². The number of carbonyl (C=O) groups is 1. The fourth-order valence-corrected chi connectivity index (χ4v) is 3.90. The maximum absolute atomic E-state index is 13.2. The van der Waals surface area contributed by atoms with E-state index < -0.39 is 21.8 Å². The highest BCUT2D eigenvalue weighted by Gasteiger charge is 2.33. The molecule has 1 aliphatic heterocycles. The zero-order chi connectivity index (χ0) is 16.2. The van der Waals surface area contributed by atoms with E-state index in [9.17, 15) is 17.6 Å². The van der Waals surface area contributed by atoms with Crippen LogP contribution >= 0.6 is 0 Å². The molecule has 0 radical (unpaired) electrons. The van der Waals surface area contributed by atoms with Gasteiger partial charge >= 0.3 is 0 Å². The number of hydrogen-bond acceptors (Lipinski definition) is 5. The van der Waals surface area contributed by atoms with Crippen LogP contribution in [0.15, 0.2) is 23.4 Å². The summed E-state index contributed by atoms with van der Waals surface area (Å²) < 4.78 is 39.4. The van der Waals surface area contributed by atoms with Crippen LogP contribution in [0.2, 0.25) is 0 Å². The van der Waals surface area contributed by atoms with Crippen molar-refractivity contribution >= 4 is 15.9 Å². The normalized spacial score (nSPS) is 19.8. The van der Waals surface area contributed by atoms with Crippen LogP contribution in [0.4, 0.5) is 4.39 Å². The Morgan fingerprint density at radius 3 is 2.95 bits per heavy atom. The van der Waals surface area contributed by atoms with E-state index in [0.717, 1.165) is 18.5 Å². The molecule has 0 aliphatic carbocycles. The average Bonchev–Trinajstić information content (AvgIpc) is 2.52. The van der Waals surface area contributed by atoms with E-state index >= 15 is 0 Å². The second-order valence-corrected chi connectivity index (χ2v) is 7.06. The van der Waals surface area contributed by atoms with Crippen molar-refractivity contribution < 1.29 is 17.6 Å². The van der Waals surface area contributed by atoms with E-state index in [1.54, 1.807) is 0 Å². The molecule has 0 spiro atoms. The number of rotatable bonds is 5. The molecule has 1 aliphatic rings. The molecule has 1 saturated heterocycles. The molecule has 7 nitrogen and oxygen atoms in total. The maximum atomic E-state index is 13.2. The van der Waals surface area contributed by atoms with Crippen LogP contribution < -0.4 is 11.1 Å².